The summed E-state index contributed by atoms with van der Waals surface area (Å²) in [7, 11) is 0. The quantitative estimate of drug-likeness (QED) is 0.922. The van der Waals surface area contributed by atoms with Crippen LogP contribution in [0.3, 0.4) is 0 Å². The van der Waals surface area contributed by atoms with E-state index in [2.05, 4.69) is 41.4 Å². The normalized spacial score (nSPS) is 18.7. The number of benzene rings is 1. The van der Waals surface area contributed by atoms with Gasteiger partial charge in [-0.05, 0) is 49.6 Å². The van der Waals surface area contributed by atoms with Crippen molar-refractivity contribution in [3.63, 3.8) is 0 Å². The van der Waals surface area contributed by atoms with Gasteiger partial charge in [0.1, 0.15) is 5.76 Å². The monoisotopic (exact) mass is 312 g/mol. The Morgan fingerprint density at radius 3 is 2.96 bits per heavy atom. The van der Waals surface area contributed by atoms with Crippen molar-refractivity contribution < 1.29 is 9.21 Å². The zero-order valence-electron chi connectivity index (χ0n) is 13.6. The third-order valence-electron chi connectivity index (χ3n) is 4.55. The lowest BCUT2D eigenvalue weighted by Crippen LogP contribution is -2.42. The topological polar surface area (TPSA) is 45.5 Å². The zero-order chi connectivity index (χ0) is 16.1. The molecule has 2 heterocycles. The average Bonchev–Trinajstić information content (AvgIpc) is 3.08. The molecule has 0 radical (unpaired) electrons. The lowest BCUT2D eigenvalue weighted by Gasteiger charge is -2.32. The van der Waals surface area contributed by atoms with Crippen LogP contribution in [0.1, 0.15) is 29.7 Å². The van der Waals surface area contributed by atoms with E-state index >= 15 is 0 Å². The molecule has 3 rings (SSSR count). The molecular formula is C19H24N2O2. The first-order chi connectivity index (χ1) is 11.2. The third kappa shape index (κ3) is 4.23. The Labute approximate surface area is 137 Å². The smallest absolute Gasteiger partial charge is 0.224 e. The van der Waals surface area contributed by atoms with Crippen LogP contribution in [0.2, 0.25) is 0 Å². The van der Waals surface area contributed by atoms with E-state index in [-0.39, 0.29) is 11.8 Å². The molecule has 1 aliphatic heterocycles. The SMILES string of the molecule is Cc1ccccc1CN1CCCC(C(=O)NCc2ccco2)C1. The van der Waals surface area contributed by atoms with Crippen LogP contribution >= 0.6 is 0 Å². The second kappa shape index (κ2) is 7.47. The van der Waals surface area contributed by atoms with Gasteiger partial charge in [-0.2, -0.15) is 0 Å². The van der Waals surface area contributed by atoms with Crippen molar-refractivity contribution >= 4 is 5.91 Å². The van der Waals surface area contributed by atoms with Crippen molar-refractivity contribution in [2.45, 2.75) is 32.9 Å². The van der Waals surface area contributed by atoms with Gasteiger partial charge in [-0.3, -0.25) is 9.69 Å². The molecule has 0 aliphatic carbocycles. The molecule has 4 nitrogen and oxygen atoms in total. The van der Waals surface area contributed by atoms with Gasteiger partial charge in [0.15, 0.2) is 0 Å². The van der Waals surface area contributed by atoms with Crippen LogP contribution in [-0.2, 0) is 17.9 Å². The molecule has 1 aromatic heterocycles. The number of likely N-dealkylation sites (tertiary alicyclic amines) is 1. The highest BCUT2D eigenvalue weighted by molar-refractivity contribution is 5.78. The van der Waals surface area contributed by atoms with Gasteiger partial charge in [-0.15, -0.1) is 0 Å². The zero-order valence-corrected chi connectivity index (χ0v) is 13.6. The number of carbonyl (C=O) groups excluding carboxylic acids is 1. The lowest BCUT2D eigenvalue weighted by atomic mass is 9.96. The van der Waals surface area contributed by atoms with Gasteiger partial charge in [-0.25, -0.2) is 0 Å². The highest BCUT2D eigenvalue weighted by Crippen LogP contribution is 2.20. The Hall–Kier alpha value is -2.07. The minimum atomic E-state index is 0.0720. The standard InChI is InChI=1S/C19H24N2O2/c1-15-6-2-3-7-16(15)13-21-10-4-8-17(14-21)19(22)20-12-18-9-5-11-23-18/h2-3,5-7,9,11,17H,4,8,10,12-14H2,1H3,(H,20,22). The van der Waals surface area contributed by atoms with E-state index in [1.54, 1.807) is 6.26 Å². The summed E-state index contributed by atoms with van der Waals surface area (Å²) in [6, 6.07) is 12.2. The molecule has 1 unspecified atom stereocenters. The van der Waals surface area contributed by atoms with Crippen LogP contribution < -0.4 is 5.32 Å². The van der Waals surface area contributed by atoms with Gasteiger partial charge >= 0.3 is 0 Å². The summed E-state index contributed by atoms with van der Waals surface area (Å²) in [5.74, 6) is 1.00. The summed E-state index contributed by atoms with van der Waals surface area (Å²) in [5.41, 5.74) is 2.67. The van der Waals surface area contributed by atoms with Crippen molar-refractivity contribution in [1.29, 1.82) is 0 Å². The van der Waals surface area contributed by atoms with E-state index in [4.69, 9.17) is 4.42 Å². The fraction of sp³-hybridized carbons (Fsp3) is 0.421. The first-order valence-corrected chi connectivity index (χ1v) is 8.29. The third-order valence-corrected chi connectivity index (χ3v) is 4.55. The number of aryl methyl sites for hydroxylation is 1. The van der Waals surface area contributed by atoms with Gasteiger partial charge in [0, 0.05) is 13.1 Å². The van der Waals surface area contributed by atoms with Crippen molar-refractivity contribution in [2.24, 2.45) is 5.92 Å². The van der Waals surface area contributed by atoms with Gasteiger partial charge < -0.3 is 9.73 Å². The summed E-state index contributed by atoms with van der Waals surface area (Å²) >= 11 is 0. The van der Waals surface area contributed by atoms with Crippen molar-refractivity contribution in [3.8, 4) is 0 Å². The number of hydrogen-bond acceptors (Lipinski definition) is 3. The molecular weight excluding hydrogens is 288 g/mol. The maximum atomic E-state index is 12.4. The van der Waals surface area contributed by atoms with E-state index in [1.807, 2.05) is 12.1 Å². The maximum Gasteiger partial charge on any atom is 0.224 e. The lowest BCUT2D eigenvalue weighted by molar-refractivity contribution is -0.127. The minimum absolute atomic E-state index is 0.0720. The molecule has 1 N–H and O–H groups in total. The number of carbonyl (C=O) groups is 1. The Bertz CT molecular complexity index is 637. The molecule has 4 heteroatoms. The van der Waals surface area contributed by atoms with Gasteiger partial charge in [0.25, 0.3) is 0 Å². The molecule has 122 valence electrons. The van der Waals surface area contributed by atoms with Crippen molar-refractivity contribution in [2.75, 3.05) is 13.1 Å². The molecule has 1 saturated heterocycles. The van der Waals surface area contributed by atoms with Gasteiger partial charge in [-0.1, -0.05) is 24.3 Å². The molecule has 0 saturated carbocycles. The van der Waals surface area contributed by atoms with E-state index in [1.165, 1.54) is 11.1 Å². The van der Waals surface area contributed by atoms with E-state index in [0.717, 1.165) is 38.2 Å². The highest BCUT2D eigenvalue weighted by atomic mass is 16.3. The number of hydrogen-bond donors (Lipinski definition) is 1. The number of nitrogens with zero attached hydrogens (tertiary/aromatic N) is 1. The van der Waals surface area contributed by atoms with Crippen LogP contribution in [0.5, 0.6) is 0 Å². The van der Waals surface area contributed by atoms with Crippen LogP contribution in [-0.4, -0.2) is 23.9 Å². The van der Waals surface area contributed by atoms with Gasteiger partial charge in [0.2, 0.25) is 5.91 Å². The number of furan rings is 1. The molecule has 2 aromatic rings. The predicted octanol–water partition coefficient (Wildman–Crippen LogP) is 3.12. The summed E-state index contributed by atoms with van der Waals surface area (Å²) in [6.07, 6.45) is 3.67. The van der Waals surface area contributed by atoms with Crippen molar-refractivity contribution in [3.05, 3.63) is 59.5 Å². The second-order valence-corrected chi connectivity index (χ2v) is 6.30. The van der Waals surface area contributed by atoms with Crippen LogP contribution in [0.4, 0.5) is 0 Å². The molecule has 1 atom stereocenters. The second-order valence-electron chi connectivity index (χ2n) is 6.30. The summed E-state index contributed by atoms with van der Waals surface area (Å²) in [5, 5.41) is 2.99. The van der Waals surface area contributed by atoms with Crippen LogP contribution in [0, 0.1) is 12.8 Å². The fourth-order valence-corrected chi connectivity index (χ4v) is 3.17. The number of piperidine rings is 1. The summed E-state index contributed by atoms with van der Waals surface area (Å²) in [4.78, 5) is 14.8. The molecule has 1 amide bonds. The first kappa shape index (κ1) is 15.8. The molecule has 23 heavy (non-hydrogen) atoms. The van der Waals surface area contributed by atoms with Crippen molar-refractivity contribution in [1.82, 2.24) is 10.2 Å². The Morgan fingerprint density at radius 2 is 2.17 bits per heavy atom. The molecule has 1 aromatic carbocycles. The number of amides is 1. The van der Waals surface area contributed by atoms with Crippen LogP contribution in [0.25, 0.3) is 0 Å². The predicted molar refractivity (Wildman–Crippen MR) is 89.7 cm³/mol. The van der Waals surface area contributed by atoms with E-state index in [9.17, 15) is 4.79 Å². The average molecular weight is 312 g/mol. The first-order valence-electron chi connectivity index (χ1n) is 8.29. The molecule has 0 bridgehead atoms. The minimum Gasteiger partial charge on any atom is -0.467 e. The largest absolute Gasteiger partial charge is 0.467 e. The van der Waals surface area contributed by atoms with E-state index in [0.29, 0.717) is 6.54 Å². The summed E-state index contributed by atoms with van der Waals surface area (Å²) in [6.45, 7) is 5.44. The Morgan fingerprint density at radius 1 is 1.30 bits per heavy atom. The molecule has 1 aliphatic rings. The Balaban J connectivity index is 1.53. The van der Waals surface area contributed by atoms with Gasteiger partial charge in [0.05, 0.1) is 18.7 Å². The maximum absolute atomic E-state index is 12.4. The molecule has 1 fully saturated rings. The molecule has 0 spiro atoms. The Kier molecular flexibility index (Phi) is 5.13. The van der Waals surface area contributed by atoms with Crippen LogP contribution in [0.15, 0.2) is 47.1 Å². The fourth-order valence-electron chi connectivity index (χ4n) is 3.17. The van der Waals surface area contributed by atoms with E-state index < -0.39 is 0 Å². The number of nitrogens with one attached hydrogen (secondary N) is 1. The number of rotatable bonds is 5. The highest BCUT2D eigenvalue weighted by Gasteiger charge is 2.25. The summed E-state index contributed by atoms with van der Waals surface area (Å²) < 4.78 is 5.26.